The Hall–Kier alpha value is -3.07. The zero-order valence-corrected chi connectivity index (χ0v) is 18.0. The number of nitrogens with zero attached hydrogens (tertiary/aromatic N) is 2. The largest absolute Gasteiger partial charge is 0.466 e. The molecule has 2 heterocycles. The summed E-state index contributed by atoms with van der Waals surface area (Å²) in [7, 11) is 0. The van der Waals surface area contributed by atoms with Gasteiger partial charge in [-0.25, -0.2) is 5.01 Å². The fraction of sp³-hybridized carbons (Fsp3) is 0.321. The Labute approximate surface area is 184 Å². The van der Waals surface area contributed by atoms with Gasteiger partial charge in [-0.05, 0) is 42.9 Å². The summed E-state index contributed by atoms with van der Waals surface area (Å²) in [6, 6.07) is 28.5. The monoisotopic (exact) mass is 408 g/mol. The van der Waals surface area contributed by atoms with Crippen LogP contribution in [0.2, 0.25) is 0 Å². The molecule has 1 atom stereocenters. The molecule has 1 aliphatic carbocycles. The van der Waals surface area contributed by atoms with E-state index in [-0.39, 0.29) is 11.8 Å². The first-order valence-electron chi connectivity index (χ1n) is 11.5. The second-order valence-corrected chi connectivity index (χ2v) is 9.25. The van der Waals surface area contributed by atoms with E-state index in [4.69, 9.17) is 9.84 Å². The third kappa shape index (κ3) is 3.15. The molecule has 2 aliphatic heterocycles. The Morgan fingerprint density at radius 2 is 1.58 bits per heavy atom. The number of aryl methyl sites for hydroxylation is 1. The molecule has 1 spiro atoms. The van der Waals surface area contributed by atoms with Crippen LogP contribution in [0.3, 0.4) is 0 Å². The zero-order chi connectivity index (χ0) is 20.8. The fourth-order valence-corrected chi connectivity index (χ4v) is 5.61. The Kier molecular flexibility index (Phi) is 4.38. The van der Waals surface area contributed by atoms with Crippen LogP contribution in [-0.2, 0) is 0 Å². The Morgan fingerprint density at radius 1 is 0.871 bits per heavy atom. The average molecular weight is 409 g/mol. The van der Waals surface area contributed by atoms with Crippen LogP contribution in [0.5, 0.6) is 5.75 Å². The van der Waals surface area contributed by atoms with Crippen LogP contribution >= 0.6 is 0 Å². The van der Waals surface area contributed by atoms with Crippen molar-refractivity contribution in [2.75, 3.05) is 0 Å². The van der Waals surface area contributed by atoms with Crippen molar-refractivity contribution >= 4 is 5.71 Å². The molecule has 31 heavy (non-hydrogen) atoms. The lowest BCUT2D eigenvalue weighted by molar-refractivity contribution is -0.142. The molecule has 0 radical (unpaired) electrons. The number of hydrazone groups is 1. The van der Waals surface area contributed by atoms with E-state index in [2.05, 4.69) is 90.8 Å². The third-order valence-electron chi connectivity index (χ3n) is 7.33. The second kappa shape index (κ2) is 7.26. The standard InChI is InChI=1S/C28H28N2O/c1-20-11-13-23(14-12-20)25-19-26-24-9-5-6-10-27(24)31-28(30(26)29-25)17-15-22(16-18-28)21-7-3-2-4-8-21/h2-14,22,26H,15-19H2,1H3. The summed E-state index contributed by atoms with van der Waals surface area (Å²) in [6.45, 7) is 2.13. The molecule has 1 saturated carbocycles. The maximum atomic E-state index is 6.78. The first-order chi connectivity index (χ1) is 15.2. The van der Waals surface area contributed by atoms with E-state index < -0.39 is 0 Å². The van der Waals surface area contributed by atoms with E-state index in [0.717, 1.165) is 37.9 Å². The third-order valence-corrected chi connectivity index (χ3v) is 7.33. The Morgan fingerprint density at radius 3 is 2.35 bits per heavy atom. The van der Waals surface area contributed by atoms with Crippen LogP contribution in [0.4, 0.5) is 0 Å². The molecule has 0 N–H and O–H groups in total. The van der Waals surface area contributed by atoms with Crippen LogP contribution in [0.1, 0.15) is 66.3 Å². The molecule has 1 fully saturated rings. The molecule has 1 unspecified atom stereocenters. The predicted octanol–water partition coefficient (Wildman–Crippen LogP) is 6.59. The number of para-hydroxylation sites is 1. The molecule has 3 aromatic rings. The van der Waals surface area contributed by atoms with E-state index in [1.54, 1.807) is 0 Å². The number of fused-ring (bicyclic) bond motifs is 4. The lowest BCUT2D eigenvalue weighted by Crippen LogP contribution is -2.55. The van der Waals surface area contributed by atoms with E-state index in [1.165, 1.54) is 28.0 Å². The quantitative estimate of drug-likeness (QED) is 0.478. The highest BCUT2D eigenvalue weighted by molar-refractivity contribution is 6.02. The van der Waals surface area contributed by atoms with Crippen molar-refractivity contribution in [1.82, 2.24) is 5.01 Å². The molecule has 3 heteroatoms. The van der Waals surface area contributed by atoms with Gasteiger partial charge in [0.25, 0.3) is 0 Å². The van der Waals surface area contributed by atoms with Gasteiger partial charge < -0.3 is 4.74 Å². The van der Waals surface area contributed by atoms with Crippen LogP contribution < -0.4 is 4.74 Å². The zero-order valence-electron chi connectivity index (χ0n) is 18.0. The summed E-state index contributed by atoms with van der Waals surface area (Å²) in [5.74, 6) is 1.65. The van der Waals surface area contributed by atoms with Gasteiger partial charge in [-0.15, -0.1) is 0 Å². The lowest BCUT2D eigenvalue weighted by atomic mass is 9.78. The Bertz CT molecular complexity index is 1110. The van der Waals surface area contributed by atoms with Gasteiger partial charge in [-0.2, -0.15) is 5.10 Å². The summed E-state index contributed by atoms with van der Waals surface area (Å²) in [5.41, 5.74) is 6.07. The summed E-state index contributed by atoms with van der Waals surface area (Å²) >= 11 is 0. The van der Waals surface area contributed by atoms with Crippen molar-refractivity contribution in [3.05, 3.63) is 101 Å². The van der Waals surface area contributed by atoms with Crippen LogP contribution in [-0.4, -0.2) is 16.4 Å². The highest BCUT2D eigenvalue weighted by atomic mass is 16.5. The highest BCUT2D eigenvalue weighted by Gasteiger charge is 2.51. The summed E-state index contributed by atoms with van der Waals surface area (Å²) in [4.78, 5) is 0. The smallest absolute Gasteiger partial charge is 0.198 e. The molecular formula is C28H28N2O. The number of ether oxygens (including phenoxy) is 1. The van der Waals surface area contributed by atoms with Crippen molar-refractivity contribution in [3.8, 4) is 5.75 Å². The first-order valence-corrected chi connectivity index (χ1v) is 11.5. The van der Waals surface area contributed by atoms with Crippen LogP contribution in [0.25, 0.3) is 0 Å². The molecular weight excluding hydrogens is 380 g/mol. The number of benzene rings is 3. The van der Waals surface area contributed by atoms with Gasteiger partial charge >= 0.3 is 0 Å². The minimum Gasteiger partial charge on any atom is -0.466 e. The van der Waals surface area contributed by atoms with E-state index in [0.29, 0.717) is 5.92 Å². The molecule has 3 nitrogen and oxygen atoms in total. The minimum atomic E-state index is -0.337. The van der Waals surface area contributed by atoms with Crippen molar-refractivity contribution in [3.63, 3.8) is 0 Å². The minimum absolute atomic E-state index is 0.259. The summed E-state index contributed by atoms with van der Waals surface area (Å²) in [6.07, 6.45) is 5.20. The fourth-order valence-electron chi connectivity index (χ4n) is 5.61. The van der Waals surface area contributed by atoms with Crippen LogP contribution in [0.15, 0.2) is 84.0 Å². The predicted molar refractivity (Wildman–Crippen MR) is 124 cm³/mol. The first kappa shape index (κ1) is 18.7. The Balaban J connectivity index is 1.35. The van der Waals surface area contributed by atoms with Crippen molar-refractivity contribution in [1.29, 1.82) is 0 Å². The van der Waals surface area contributed by atoms with E-state index in [1.807, 2.05) is 0 Å². The molecule has 3 aliphatic rings. The number of hydrogen-bond donors (Lipinski definition) is 0. The highest BCUT2D eigenvalue weighted by Crippen LogP contribution is 2.52. The van der Waals surface area contributed by atoms with E-state index in [9.17, 15) is 0 Å². The molecule has 0 aromatic heterocycles. The van der Waals surface area contributed by atoms with Crippen molar-refractivity contribution in [2.45, 2.75) is 56.7 Å². The van der Waals surface area contributed by atoms with Crippen molar-refractivity contribution in [2.24, 2.45) is 5.10 Å². The molecule has 0 bridgehead atoms. The summed E-state index contributed by atoms with van der Waals surface area (Å²) < 4.78 is 6.78. The van der Waals surface area contributed by atoms with Gasteiger partial charge in [0.05, 0.1) is 11.8 Å². The topological polar surface area (TPSA) is 24.8 Å². The van der Waals surface area contributed by atoms with Gasteiger partial charge in [0.1, 0.15) is 5.75 Å². The maximum Gasteiger partial charge on any atom is 0.198 e. The van der Waals surface area contributed by atoms with Crippen LogP contribution in [0, 0.1) is 6.92 Å². The normalized spacial score (nSPS) is 26.7. The number of rotatable bonds is 2. The molecule has 0 amide bonds. The van der Waals surface area contributed by atoms with Gasteiger partial charge in [0.15, 0.2) is 5.72 Å². The SMILES string of the molecule is Cc1ccc(C2=NN3C(C2)c2ccccc2OC32CCC(c3ccccc3)CC2)cc1. The number of hydrogen-bond acceptors (Lipinski definition) is 3. The molecule has 0 saturated heterocycles. The van der Waals surface area contributed by atoms with E-state index >= 15 is 0 Å². The maximum absolute atomic E-state index is 6.78. The van der Waals surface area contributed by atoms with Gasteiger partial charge in [0.2, 0.25) is 0 Å². The summed E-state index contributed by atoms with van der Waals surface area (Å²) in [5, 5.41) is 7.53. The second-order valence-electron chi connectivity index (χ2n) is 9.25. The molecule has 156 valence electrons. The average Bonchev–Trinajstić information content (AvgIpc) is 3.28. The van der Waals surface area contributed by atoms with Gasteiger partial charge in [-0.1, -0.05) is 78.4 Å². The van der Waals surface area contributed by atoms with Gasteiger partial charge in [-0.3, -0.25) is 0 Å². The van der Waals surface area contributed by atoms with Gasteiger partial charge in [0, 0.05) is 24.8 Å². The molecule has 3 aromatic carbocycles. The van der Waals surface area contributed by atoms with Crippen molar-refractivity contribution < 1.29 is 4.74 Å². The lowest BCUT2D eigenvalue weighted by Gasteiger charge is -2.50. The molecule has 6 rings (SSSR count).